The van der Waals surface area contributed by atoms with Crippen LogP contribution >= 0.6 is 0 Å². The lowest BCUT2D eigenvalue weighted by atomic mass is 10.2. The second-order valence-electron chi connectivity index (χ2n) is 5.37. The number of aromatic nitrogens is 2. The molecule has 1 aliphatic carbocycles. The van der Waals surface area contributed by atoms with Crippen molar-refractivity contribution in [1.29, 1.82) is 0 Å². The van der Waals surface area contributed by atoms with Crippen LogP contribution in [0.2, 0.25) is 0 Å². The molecule has 19 heavy (non-hydrogen) atoms. The van der Waals surface area contributed by atoms with Gasteiger partial charge in [-0.1, -0.05) is 20.3 Å². The smallest absolute Gasteiger partial charge is 0.133 e. The Balaban J connectivity index is 2.02. The Hall–Kier alpha value is -1.32. The Morgan fingerprint density at radius 1 is 1.16 bits per heavy atom. The third kappa shape index (κ3) is 4.08. The van der Waals surface area contributed by atoms with Gasteiger partial charge in [0.05, 0.1) is 0 Å². The van der Waals surface area contributed by atoms with Gasteiger partial charge < -0.3 is 10.6 Å². The normalized spacial score (nSPS) is 21.2. The van der Waals surface area contributed by atoms with Crippen LogP contribution in [-0.4, -0.2) is 22.6 Å². The molecule has 4 heteroatoms. The lowest BCUT2D eigenvalue weighted by Crippen LogP contribution is -2.10. The summed E-state index contributed by atoms with van der Waals surface area (Å²) in [5.41, 5.74) is 0. The third-order valence-corrected chi connectivity index (χ3v) is 3.52. The van der Waals surface area contributed by atoms with Crippen LogP contribution in [0.5, 0.6) is 0 Å². The lowest BCUT2D eigenvalue weighted by molar-refractivity contribution is 0.691. The van der Waals surface area contributed by atoms with Crippen LogP contribution in [0.15, 0.2) is 6.07 Å². The van der Waals surface area contributed by atoms with Gasteiger partial charge in [0, 0.05) is 25.1 Å². The standard InChI is InChI=1S/C15H26N4/c1-4-7-11-9-12(11)17-15-10-14(16-6-3)18-13(19-15)8-5-2/h10-12H,4-9H2,1-3H3,(H2,16,17,18,19). The minimum atomic E-state index is 0.624. The van der Waals surface area contributed by atoms with E-state index in [1.807, 2.05) is 6.07 Å². The fourth-order valence-corrected chi connectivity index (χ4v) is 2.48. The first-order valence-electron chi connectivity index (χ1n) is 7.65. The van der Waals surface area contributed by atoms with Gasteiger partial charge in [0.15, 0.2) is 0 Å². The summed E-state index contributed by atoms with van der Waals surface area (Å²) in [7, 11) is 0. The average molecular weight is 262 g/mol. The summed E-state index contributed by atoms with van der Waals surface area (Å²) in [6.45, 7) is 7.40. The van der Waals surface area contributed by atoms with E-state index in [0.29, 0.717) is 6.04 Å². The summed E-state index contributed by atoms with van der Waals surface area (Å²) in [6, 6.07) is 2.66. The number of nitrogens with one attached hydrogen (secondary N) is 2. The second-order valence-corrected chi connectivity index (χ2v) is 5.37. The molecular weight excluding hydrogens is 236 g/mol. The van der Waals surface area contributed by atoms with E-state index in [2.05, 4.69) is 41.4 Å². The predicted octanol–water partition coefficient (Wildman–Crippen LogP) is 3.46. The minimum absolute atomic E-state index is 0.624. The van der Waals surface area contributed by atoms with E-state index in [1.54, 1.807) is 0 Å². The highest BCUT2D eigenvalue weighted by molar-refractivity contribution is 5.49. The van der Waals surface area contributed by atoms with Crippen molar-refractivity contribution in [3.8, 4) is 0 Å². The van der Waals surface area contributed by atoms with Crippen LogP contribution in [0.4, 0.5) is 11.6 Å². The molecule has 2 unspecified atom stereocenters. The monoisotopic (exact) mass is 262 g/mol. The Labute approximate surface area is 116 Å². The van der Waals surface area contributed by atoms with Gasteiger partial charge in [-0.25, -0.2) is 9.97 Å². The molecule has 1 aromatic heterocycles. The molecule has 0 aliphatic heterocycles. The van der Waals surface area contributed by atoms with Gasteiger partial charge in [0.2, 0.25) is 0 Å². The number of hydrogen-bond acceptors (Lipinski definition) is 4. The quantitative estimate of drug-likeness (QED) is 0.753. The molecule has 0 spiro atoms. The van der Waals surface area contributed by atoms with Gasteiger partial charge in [0.25, 0.3) is 0 Å². The zero-order valence-electron chi connectivity index (χ0n) is 12.4. The minimum Gasteiger partial charge on any atom is -0.370 e. The Kier molecular flexibility index (Phi) is 5.00. The highest BCUT2D eigenvalue weighted by Crippen LogP contribution is 2.37. The van der Waals surface area contributed by atoms with Crippen LogP contribution in [0, 0.1) is 5.92 Å². The van der Waals surface area contributed by atoms with E-state index >= 15 is 0 Å². The van der Waals surface area contributed by atoms with Crippen LogP contribution in [0.3, 0.4) is 0 Å². The van der Waals surface area contributed by atoms with E-state index in [1.165, 1.54) is 19.3 Å². The van der Waals surface area contributed by atoms with Crippen molar-refractivity contribution >= 4 is 11.6 Å². The summed E-state index contributed by atoms with van der Waals surface area (Å²) in [4.78, 5) is 9.15. The van der Waals surface area contributed by atoms with Crippen LogP contribution in [0.1, 0.15) is 52.3 Å². The number of hydrogen-bond donors (Lipinski definition) is 2. The van der Waals surface area contributed by atoms with E-state index in [0.717, 1.165) is 42.8 Å². The van der Waals surface area contributed by atoms with E-state index in [4.69, 9.17) is 0 Å². The maximum Gasteiger partial charge on any atom is 0.133 e. The molecule has 0 radical (unpaired) electrons. The number of rotatable bonds is 8. The van der Waals surface area contributed by atoms with Crippen LogP contribution in [-0.2, 0) is 6.42 Å². The molecule has 1 heterocycles. The van der Waals surface area contributed by atoms with Crippen molar-refractivity contribution in [2.45, 2.75) is 58.9 Å². The maximum atomic E-state index is 4.62. The van der Waals surface area contributed by atoms with Gasteiger partial charge in [-0.2, -0.15) is 0 Å². The summed E-state index contributed by atoms with van der Waals surface area (Å²) in [5, 5.41) is 6.84. The Morgan fingerprint density at radius 3 is 2.63 bits per heavy atom. The second kappa shape index (κ2) is 6.73. The van der Waals surface area contributed by atoms with Crippen molar-refractivity contribution in [3.05, 3.63) is 11.9 Å². The lowest BCUT2D eigenvalue weighted by Gasteiger charge is -2.10. The molecule has 2 atom stereocenters. The van der Waals surface area contributed by atoms with Crippen LogP contribution < -0.4 is 10.6 Å². The molecule has 0 amide bonds. The predicted molar refractivity (Wildman–Crippen MR) is 80.6 cm³/mol. The molecule has 106 valence electrons. The largest absolute Gasteiger partial charge is 0.370 e. The molecule has 2 N–H and O–H groups in total. The zero-order valence-corrected chi connectivity index (χ0v) is 12.4. The van der Waals surface area contributed by atoms with Gasteiger partial charge in [-0.05, 0) is 32.1 Å². The molecule has 2 rings (SSSR count). The fraction of sp³-hybridized carbons (Fsp3) is 0.733. The van der Waals surface area contributed by atoms with Crippen molar-refractivity contribution in [2.24, 2.45) is 5.92 Å². The molecule has 4 nitrogen and oxygen atoms in total. The van der Waals surface area contributed by atoms with Crippen molar-refractivity contribution in [1.82, 2.24) is 9.97 Å². The van der Waals surface area contributed by atoms with E-state index < -0.39 is 0 Å². The van der Waals surface area contributed by atoms with E-state index in [9.17, 15) is 0 Å². The number of anilines is 2. The summed E-state index contributed by atoms with van der Waals surface area (Å²) in [6.07, 6.45) is 5.91. The van der Waals surface area contributed by atoms with Crippen molar-refractivity contribution in [2.75, 3.05) is 17.2 Å². The molecule has 0 aromatic carbocycles. The highest BCUT2D eigenvalue weighted by atomic mass is 15.1. The molecule has 1 aliphatic rings. The molecule has 1 saturated carbocycles. The molecular formula is C15H26N4. The van der Waals surface area contributed by atoms with Crippen molar-refractivity contribution < 1.29 is 0 Å². The average Bonchev–Trinajstić information content (AvgIpc) is 3.08. The topological polar surface area (TPSA) is 49.8 Å². The number of nitrogens with zero attached hydrogens (tertiary/aromatic N) is 2. The molecule has 0 saturated heterocycles. The summed E-state index contributed by atoms with van der Waals surface area (Å²) < 4.78 is 0. The van der Waals surface area contributed by atoms with Crippen molar-refractivity contribution in [3.63, 3.8) is 0 Å². The fourth-order valence-electron chi connectivity index (χ4n) is 2.48. The maximum absolute atomic E-state index is 4.62. The van der Waals surface area contributed by atoms with E-state index in [-0.39, 0.29) is 0 Å². The van der Waals surface area contributed by atoms with Gasteiger partial charge in [-0.15, -0.1) is 0 Å². The Bertz CT molecular complexity index is 381. The first-order valence-corrected chi connectivity index (χ1v) is 7.65. The van der Waals surface area contributed by atoms with Gasteiger partial charge in [0.1, 0.15) is 17.5 Å². The molecule has 1 aromatic rings. The van der Waals surface area contributed by atoms with Gasteiger partial charge in [-0.3, -0.25) is 0 Å². The SMILES string of the molecule is CCCc1nc(NCC)cc(NC2CC2CCC)n1. The number of aryl methyl sites for hydroxylation is 1. The summed E-state index contributed by atoms with van der Waals surface area (Å²) >= 11 is 0. The molecule has 1 fully saturated rings. The zero-order chi connectivity index (χ0) is 13.7. The highest BCUT2D eigenvalue weighted by Gasteiger charge is 2.36. The third-order valence-electron chi connectivity index (χ3n) is 3.52. The first kappa shape index (κ1) is 14.1. The van der Waals surface area contributed by atoms with Crippen LogP contribution in [0.25, 0.3) is 0 Å². The first-order chi connectivity index (χ1) is 9.26. The summed E-state index contributed by atoms with van der Waals surface area (Å²) in [5.74, 6) is 3.71. The molecule has 0 bridgehead atoms. The Morgan fingerprint density at radius 2 is 1.95 bits per heavy atom. The van der Waals surface area contributed by atoms with Gasteiger partial charge >= 0.3 is 0 Å².